The molecule has 2 saturated heterocycles. The van der Waals surface area contributed by atoms with E-state index in [1.807, 2.05) is 39.8 Å². The van der Waals surface area contributed by atoms with Gasteiger partial charge in [0.05, 0.1) is 11.2 Å². The molecule has 1 amide bonds. The van der Waals surface area contributed by atoms with Crippen LogP contribution in [0.1, 0.15) is 40.5 Å². The Morgan fingerprint density at radius 3 is 2.12 bits per heavy atom. The van der Waals surface area contributed by atoms with Gasteiger partial charge in [0, 0.05) is 13.1 Å². The summed E-state index contributed by atoms with van der Waals surface area (Å²) in [6, 6.07) is 7.16. The second-order valence-electron chi connectivity index (χ2n) is 7.28. The smallest absolute Gasteiger partial charge is 0.399 e. The number of carbonyl (C=O) groups is 1. The maximum Gasteiger partial charge on any atom is 0.494 e. The average molecular weight is 333 g/mol. The van der Waals surface area contributed by atoms with Gasteiger partial charge in [0.1, 0.15) is 0 Å². The van der Waals surface area contributed by atoms with E-state index < -0.39 is 13.2 Å². The Labute approximate surface area is 143 Å². The highest BCUT2D eigenvalue weighted by Crippen LogP contribution is 2.36. The third kappa shape index (κ3) is 3.37. The molecule has 0 unspecified atom stereocenters. The fraction of sp³-hybridized carbons (Fsp3) is 0.588. The van der Waals surface area contributed by atoms with Crippen LogP contribution >= 0.6 is 0 Å². The highest BCUT2D eigenvalue weighted by atomic mass is 17.2. The third-order valence-corrected chi connectivity index (χ3v) is 4.98. The predicted molar refractivity (Wildman–Crippen MR) is 90.1 cm³/mol. The van der Waals surface area contributed by atoms with Gasteiger partial charge in [-0.2, -0.15) is 0 Å². The van der Waals surface area contributed by atoms with Crippen molar-refractivity contribution in [2.45, 2.75) is 51.7 Å². The van der Waals surface area contributed by atoms with Gasteiger partial charge in [-0.1, -0.05) is 12.1 Å². The van der Waals surface area contributed by atoms with Gasteiger partial charge in [-0.3, -0.25) is 4.89 Å². The summed E-state index contributed by atoms with van der Waals surface area (Å²) in [6.45, 7) is 9.52. The standard InChI is InChI=1S/C17H24BNO5/c1-16(2)17(3,4)24-18(23-16)13-7-9-14(10-8-13)21-22-15(20)19-11-5-6-12-19/h7-10H,5-6,11-12H2,1-4H3. The molecule has 0 N–H and O–H groups in total. The Bertz CT molecular complexity index is 580. The molecular formula is C17H24BNO5. The van der Waals surface area contributed by atoms with Crippen LogP contribution in [-0.4, -0.2) is 42.4 Å². The molecule has 1 aromatic carbocycles. The molecule has 7 heteroatoms. The summed E-state index contributed by atoms with van der Waals surface area (Å²) in [7, 11) is -0.420. The average Bonchev–Trinajstić information content (AvgIpc) is 3.12. The minimum atomic E-state index is -0.442. The Morgan fingerprint density at radius 2 is 1.58 bits per heavy atom. The zero-order valence-electron chi connectivity index (χ0n) is 14.7. The first-order chi connectivity index (χ1) is 11.3. The molecule has 24 heavy (non-hydrogen) atoms. The number of rotatable bonds is 3. The molecule has 3 rings (SSSR count). The molecule has 0 aliphatic carbocycles. The van der Waals surface area contributed by atoms with Crippen LogP contribution in [0.5, 0.6) is 5.75 Å². The normalized spacial score (nSPS) is 21.8. The van der Waals surface area contributed by atoms with Crippen molar-refractivity contribution < 1.29 is 23.9 Å². The van der Waals surface area contributed by atoms with Gasteiger partial charge in [0.25, 0.3) is 0 Å². The SMILES string of the molecule is CC1(C)OB(c2ccc(OOC(=O)N3CCCC3)cc2)OC1(C)C. The van der Waals surface area contributed by atoms with Crippen LogP contribution in [0, 0.1) is 0 Å². The van der Waals surface area contributed by atoms with E-state index in [9.17, 15) is 4.79 Å². The lowest BCUT2D eigenvalue weighted by Gasteiger charge is -2.32. The summed E-state index contributed by atoms with van der Waals surface area (Å²) in [6.07, 6.45) is 1.58. The van der Waals surface area contributed by atoms with E-state index in [0.717, 1.165) is 31.4 Å². The lowest BCUT2D eigenvalue weighted by Crippen LogP contribution is -2.41. The Hall–Kier alpha value is -1.73. The number of likely N-dealkylation sites (tertiary alicyclic amines) is 1. The molecule has 0 bridgehead atoms. The first-order valence-corrected chi connectivity index (χ1v) is 8.37. The molecule has 6 nitrogen and oxygen atoms in total. The summed E-state index contributed by atoms with van der Waals surface area (Å²) in [5.41, 5.74) is 0.141. The van der Waals surface area contributed by atoms with Crippen molar-refractivity contribution in [3.63, 3.8) is 0 Å². The van der Waals surface area contributed by atoms with Crippen LogP contribution in [0.25, 0.3) is 0 Å². The van der Waals surface area contributed by atoms with Crippen molar-refractivity contribution >= 4 is 18.7 Å². The molecule has 2 aliphatic heterocycles. The first kappa shape index (κ1) is 17.1. The van der Waals surface area contributed by atoms with Gasteiger partial charge in [-0.15, -0.1) is 0 Å². The predicted octanol–water partition coefficient (Wildman–Crippen LogP) is 2.51. The fourth-order valence-corrected chi connectivity index (χ4v) is 2.70. The highest BCUT2D eigenvalue weighted by molar-refractivity contribution is 6.62. The second-order valence-corrected chi connectivity index (χ2v) is 7.28. The van der Waals surface area contributed by atoms with Gasteiger partial charge in [-0.05, 0) is 58.1 Å². The largest absolute Gasteiger partial charge is 0.494 e. The van der Waals surface area contributed by atoms with E-state index in [2.05, 4.69) is 0 Å². The van der Waals surface area contributed by atoms with Crippen LogP contribution < -0.4 is 10.4 Å². The minimum Gasteiger partial charge on any atom is -0.399 e. The Morgan fingerprint density at radius 1 is 1.04 bits per heavy atom. The zero-order valence-corrected chi connectivity index (χ0v) is 14.7. The first-order valence-electron chi connectivity index (χ1n) is 8.37. The van der Waals surface area contributed by atoms with Crippen LogP contribution in [0.15, 0.2) is 24.3 Å². The van der Waals surface area contributed by atoms with E-state index in [1.54, 1.807) is 17.0 Å². The molecule has 0 aromatic heterocycles. The summed E-state index contributed by atoms with van der Waals surface area (Å²) in [5.74, 6) is 0.461. The quantitative estimate of drug-likeness (QED) is 0.483. The Kier molecular flexibility index (Phi) is 4.49. The number of amides is 1. The topological polar surface area (TPSA) is 57.2 Å². The van der Waals surface area contributed by atoms with Crippen LogP contribution in [0.2, 0.25) is 0 Å². The maximum atomic E-state index is 11.8. The number of benzene rings is 1. The van der Waals surface area contributed by atoms with Crippen molar-refractivity contribution in [3.8, 4) is 5.75 Å². The Balaban J connectivity index is 1.57. The van der Waals surface area contributed by atoms with Gasteiger partial charge in [-0.25, -0.2) is 9.68 Å². The number of nitrogens with zero attached hydrogens (tertiary/aromatic N) is 1. The molecule has 2 fully saturated rings. The third-order valence-electron chi connectivity index (χ3n) is 4.98. The van der Waals surface area contributed by atoms with Crippen molar-refractivity contribution in [1.82, 2.24) is 4.90 Å². The van der Waals surface area contributed by atoms with E-state index >= 15 is 0 Å². The second kappa shape index (κ2) is 6.29. The molecule has 0 spiro atoms. The minimum absolute atomic E-state index is 0.377. The molecule has 1 aromatic rings. The lowest BCUT2D eigenvalue weighted by atomic mass is 9.79. The van der Waals surface area contributed by atoms with Gasteiger partial charge in [0.15, 0.2) is 5.75 Å². The summed E-state index contributed by atoms with van der Waals surface area (Å²) >= 11 is 0. The number of hydrogen-bond donors (Lipinski definition) is 0. The lowest BCUT2D eigenvalue weighted by molar-refractivity contribution is -0.152. The van der Waals surface area contributed by atoms with Crippen molar-refractivity contribution in [2.75, 3.05) is 13.1 Å². The molecule has 2 aliphatic rings. The molecule has 0 saturated carbocycles. The van der Waals surface area contributed by atoms with Gasteiger partial charge in [0.2, 0.25) is 0 Å². The summed E-state index contributed by atoms with van der Waals surface area (Å²) in [4.78, 5) is 23.4. The van der Waals surface area contributed by atoms with Crippen LogP contribution in [0.4, 0.5) is 4.79 Å². The van der Waals surface area contributed by atoms with E-state index in [0.29, 0.717) is 5.75 Å². The summed E-state index contributed by atoms with van der Waals surface area (Å²) in [5, 5.41) is 0. The van der Waals surface area contributed by atoms with Crippen molar-refractivity contribution in [3.05, 3.63) is 24.3 Å². The van der Waals surface area contributed by atoms with Gasteiger partial charge < -0.3 is 14.2 Å². The number of hydrogen-bond acceptors (Lipinski definition) is 5. The monoisotopic (exact) mass is 333 g/mol. The fourth-order valence-electron chi connectivity index (χ4n) is 2.70. The van der Waals surface area contributed by atoms with Crippen molar-refractivity contribution in [1.29, 1.82) is 0 Å². The molecule has 0 atom stereocenters. The molecular weight excluding hydrogens is 309 g/mol. The molecule has 0 radical (unpaired) electrons. The zero-order chi connectivity index (χ0) is 17.4. The van der Waals surface area contributed by atoms with E-state index in [4.69, 9.17) is 19.1 Å². The van der Waals surface area contributed by atoms with Crippen LogP contribution in [-0.2, 0) is 14.2 Å². The molecule has 130 valence electrons. The van der Waals surface area contributed by atoms with Crippen LogP contribution in [0.3, 0.4) is 0 Å². The van der Waals surface area contributed by atoms with Gasteiger partial charge >= 0.3 is 13.2 Å². The van der Waals surface area contributed by atoms with E-state index in [-0.39, 0.29) is 11.2 Å². The van der Waals surface area contributed by atoms with E-state index in [1.165, 1.54) is 0 Å². The summed E-state index contributed by atoms with van der Waals surface area (Å²) < 4.78 is 12.0. The highest BCUT2D eigenvalue weighted by Gasteiger charge is 2.51. The maximum absolute atomic E-state index is 11.8. The number of carbonyl (C=O) groups excluding carboxylic acids is 1. The van der Waals surface area contributed by atoms with Crippen molar-refractivity contribution in [2.24, 2.45) is 0 Å². The molecule has 2 heterocycles.